The lowest BCUT2D eigenvalue weighted by molar-refractivity contribution is 0.440. The maximum atomic E-state index is 5.63. The van der Waals surface area contributed by atoms with Crippen molar-refractivity contribution in [1.29, 1.82) is 0 Å². The lowest BCUT2D eigenvalue weighted by atomic mass is 10.3. The minimum absolute atomic E-state index is 0.279. The summed E-state index contributed by atoms with van der Waals surface area (Å²) in [7, 11) is 3.74. The monoisotopic (exact) mass is 259 g/mol. The Labute approximate surface area is 112 Å². The van der Waals surface area contributed by atoms with Gasteiger partial charge in [0, 0.05) is 20.6 Å². The van der Waals surface area contributed by atoms with Gasteiger partial charge in [0.05, 0.1) is 0 Å². The molecule has 0 aliphatic rings. The molecule has 1 N–H and O–H groups in total. The van der Waals surface area contributed by atoms with Gasteiger partial charge in [0.25, 0.3) is 0 Å². The first kappa shape index (κ1) is 13.1. The molecule has 100 valence electrons. The van der Waals surface area contributed by atoms with Crippen LogP contribution in [0.4, 0.5) is 11.9 Å². The van der Waals surface area contributed by atoms with Gasteiger partial charge in [-0.15, -0.1) is 0 Å². The Morgan fingerprint density at radius 3 is 2.47 bits per heavy atom. The Bertz CT molecular complexity index is 530. The normalized spacial score (nSPS) is 10.1. The maximum absolute atomic E-state index is 5.63. The van der Waals surface area contributed by atoms with E-state index in [9.17, 15) is 0 Å². The van der Waals surface area contributed by atoms with E-state index in [1.807, 2.05) is 51.4 Å². The molecule has 1 aromatic heterocycles. The summed E-state index contributed by atoms with van der Waals surface area (Å²) in [6.45, 7) is 2.72. The molecular formula is C13H17N5O. The van der Waals surface area contributed by atoms with E-state index >= 15 is 0 Å². The van der Waals surface area contributed by atoms with Crippen molar-refractivity contribution in [3.8, 4) is 11.8 Å². The van der Waals surface area contributed by atoms with Crippen molar-refractivity contribution in [2.24, 2.45) is 0 Å². The summed E-state index contributed by atoms with van der Waals surface area (Å²) in [4.78, 5) is 14.6. The molecule has 0 saturated heterocycles. The second-order valence-electron chi connectivity index (χ2n) is 4.08. The number of hydrogen-bond acceptors (Lipinski definition) is 6. The molecular weight excluding hydrogens is 242 g/mol. The van der Waals surface area contributed by atoms with Crippen molar-refractivity contribution in [1.82, 2.24) is 15.0 Å². The number of aromatic nitrogens is 3. The molecule has 6 nitrogen and oxygen atoms in total. The van der Waals surface area contributed by atoms with Crippen LogP contribution in [-0.4, -0.2) is 35.6 Å². The van der Waals surface area contributed by atoms with Crippen molar-refractivity contribution >= 4 is 11.9 Å². The maximum Gasteiger partial charge on any atom is 0.328 e. The van der Waals surface area contributed by atoms with E-state index in [0.717, 1.165) is 6.54 Å². The summed E-state index contributed by atoms with van der Waals surface area (Å²) in [6.07, 6.45) is 0. The highest BCUT2D eigenvalue weighted by Gasteiger charge is 2.09. The van der Waals surface area contributed by atoms with Gasteiger partial charge in [0.2, 0.25) is 11.9 Å². The fraction of sp³-hybridized carbons (Fsp3) is 0.308. The molecule has 2 aromatic rings. The number of nitrogens with zero attached hydrogens (tertiary/aromatic N) is 4. The summed E-state index contributed by atoms with van der Waals surface area (Å²) in [5.74, 6) is 1.75. The number of ether oxygens (including phenoxy) is 1. The summed E-state index contributed by atoms with van der Waals surface area (Å²) < 4.78 is 5.63. The first-order valence-corrected chi connectivity index (χ1v) is 6.09. The third-order valence-electron chi connectivity index (χ3n) is 2.29. The molecule has 0 spiro atoms. The largest absolute Gasteiger partial charge is 0.424 e. The van der Waals surface area contributed by atoms with Gasteiger partial charge in [-0.2, -0.15) is 15.0 Å². The minimum atomic E-state index is 0.279. The van der Waals surface area contributed by atoms with E-state index < -0.39 is 0 Å². The molecule has 19 heavy (non-hydrogen) atoms. The van der Waals surface area contributed by atoms with Crippen LogP contribution < -0.4 is 15.0 Å². The smallest absolute Gasteiger partial charge is 0.328 e. The number of rotatable bonds is 5. The van der Waals surface area contributed by atoms with Crippen molar-refractivity contribution in [3.63, 3.8) is 0 Å². The van der Waals surface area contributed by atoms with Gasteiger partial charge in [0.15, 0.2) is 0 Å². The van der Waals surface area contributed by atoms with Crippen molar-refractivity contribution in [2.75, 3.05) is 30.9 Å². The summed E-state index contributed by atoms with van der Waals surface area (Å²) in [5.41, 5.74) is 0. The van der Waals surface area contributed by atoms with E-state index in [4.69, 9.17) is 4.74 Å². The van der Waals surface area contributed by atoms with Gasteiger partial charge in [0.1, 0.15) is 5.75 Å². The Morgan fingerprint density at radius 2 is 1.84 bits per heavy atom. The quantitative estimate of drug-likeness (QED) is 0.887. The van der Waals surface area contributed by atoms with Crippen LogP contribution in [0.2, 0.25) is 0 Å². The molecule has 0 fully saturated rings. The molecule has 0 unspecified atom stereocenters. The fourth-order valence-corrected chi connectivity index (χ4v) is 1.42. The first-order valence-electron chi connectivity index (χ1n) is 6.09. The van der Waals surface area contributed by atoms with Crippen molar-refractivity contribution < 1.29 is 4.74 Å². The van der Waals surface area contributed by atoms with E-state index in [-0.39, 0.29) is 6.01 Å². The molecule has 1 aromatic carbocycles. The summed E-state index contributed by atoms with van der Waals surface area (Å²) in [5, 5.41) is 3.06. The predicted molar refractivity (Wildman–Crippen MR) is 74.8 cm³/mol. The molecule has 0 atom stereocenters. The molecule has 0 saturated carbocycles. The van der Waals surface area contributed by atoms with Gasteiger partial charge < -0.3 is 15.0 Å². The third kappa shape index (κ3) is 3.54. The Morgan fingerprint density at radius 1 is 1.11 bits per heavy atom. The molecule has 0 amide bonds. The minimum Gasteiger partial charge on any atom is -0.424 e. The molecule has 0 radical (unpaired) electrons. The lowest BCUT2D eigenvalue weighted by Gasteiger charge is -2.13. The lowest BCUT2D eigenvalue weighted by Crippen LogP contribution is -2.15. The van der Waals surface area contributed by atoms with Crippen molar-refractivity contribution in [2.45, 2.75) is 6.92 Å². The molecule has 0 bridgehead atoms. The number of hydrogen-bond donors (Lipinski definition) is 1. The van der Waals surface area contributed by atoms with Crippen LogP contribution in [-0.2, 0) is 0 Å². The number of para-hydroxylation sites is 1. The highest BCUT2D eigenvalue weighted by atomic mass is 16.5. The number of benzene rings is 1. The molecule has 0 aliphatic carbocycles. The van der Waals surface area contributed by atoms with Crippen LogP contribution in [0.15, 0.2) is 30.3 Å². The fourth-order valence-electron chi connectivity index (χ4n) is 1.42. The van der Waals surface area contributed by atoms with Gasteiger partial charge in [-0.05, 0) is 19.1 Å². The van der Waals surface area contributed by atoms with Crippen LogP contribution in [0.3, 0.4) is 0 Å². The molecule has 6 heteroatoms. The predicted octanol–water partition coefficient (Wildman–Crippen LogP) is 2.16. The van der Waals surface area contributed by atoms with Gasteiger partial charge in [-0.1, -0.05) is 18.2 Å². The molecule has 0 aliphatic heterocycles. The van der Waals surface area contributed by atoms with Crippen LogP contribution in [0.1, 0.15) is 6.92 Å². The van der Waals surface area contributed by atoms with Crippen LogP contribution in [0.5, 0.6) is 11.8 Å². The first-order chi connectivity index (χ1) is 9.19. The SMILES string of the molecule is CCNc1nc(Oc2ccccc2)nc(N(C)C)n1. The number of nitrogens with one attached hydrogen (secondary N) is 1. The highest BCUT2D eigenvalue weighted by Crippen LogP contribution is 2.19. The average molecular weight is 259 g/mol. The second kappa shape index (κ2) is 5.99. The van der Waals surface area contributed by atoms with Crippen LogP contribution in [0.25, 0.3) is 0 Å². The zero-order valence-electron chi connectivity index (χ0n) is 11.3. The third-order valence-corrected chi connectivity index (χ3v) is 2.29. The van der Waals surface area contributed by atoms with E-state index in [0.29, 0.717) is 17.6 Å². The molecule has 2 rings (SSSR count). The highest BCUT2D eigenvalue weighted by molar-refractivity contribution is 5.38. The van der Waals surface area contributed by atoms with Crippen LogP contribution >= 0.6 is 0 Å². The average Bonchev–Trinajstić information content (AvgIpc) is 2.40. The Kier molecular flexibility index (Phi) is 4.12. The zero-order valence-corrected chi connectivity index (χ0v) is 11.3. The molecule has 1 heterocycles. The second-order valence-corrected chi connectivity index (χ2v) is 4.08. The summed E-state index contributed by atoms with van der Waals surface area (Å²) >= 11 is 0. The van der Waals surface area contributed by atoms with E-state index in [2.05, 4.69) is 20.3 Å². The van der Waals surface area contributed by atoms with E-state index in [1.54, 1.807) is 4.90 Å². The zero-order chi connectivity index (χ0) is 13.7. The standard InChI is InChI=1S/C13H17N5O/c1-4-14-11-15-12(18(2)3)17-13(16-11)19-10-8-6-5-7-9-10/h5-9H,4H2,1-3H3,(H,14,15,16,17). The van der Waals surface area contributed by atoms with Crippen molar-refractivity contribution in [3.05, 3.63) is 30.3 Å². The van der Waals surface area contributed by atoms with Gasteiger partial charge in [-0.3, -0.25) is 0 Å². The van der Waals surface area contributed by atoms with Crippen LogP contribution in [0, 0.1) is 0 Å². The Balaban J connectivity index is 2.28. The van der Waals surface area contributed by atoms with E-state index in [1.165, 1.54) is 0 Å². The van der Waals surface area contributed by atoms with Gasteiger partial charge >= 0.3 is 6.01 Å². The topological polar surface area (TPSA) is 63.2 Å². The number of anilines is 2. The van der Waals surface area contributed by atoms with Gasteiger partial charge in [-0.25, -0.2) is 0 Å². The Hall–Kier alpha value is -2.37. The summed E-state index contributed by atoms with van der Waals surface area (Å²) in [6, 6.07) is 9.71.